The van der Waals surface area contributed by atoms with Gasteiger partial charge in [-0.25, -0.2) is 9.78 Å². The van der Waals surface area contributed by atoms with Gasteiger partial charge in [0.1, 0.15) is 5.75 Å². The summed E-state index contributed by atoms with van der Waals surface area (Å²) in [6.45, 7) is 5.13. The maximum Gasteiger partial charge on any atom is 0.336 e. The number of morpholine rings is 1. The monoisotopic (exact) mass is 392 g/mol. The quantitative estimate of drug-likeness (QED) is 0.618. The van der Waals surface area contributed by atoms with Crippen LogP contribution in [0.25, 0.3) is 22.2 Å². The van der Waals surface area contributed by atoms with Crippen LogP contribution in [0.4, 0.5) is 0 Å². The van der Waals surface area contributed by atoms with Crippen LogP contribution in [0, 0.1) is 0 Å². The van der Waals surface area contributed by atoms with E-state index in [2.05, 4.69) is 9.88 Å². The summed E-state index contributed by atoms with van der Waals surface area (Å²) in [4.78, 5) is 18.8. The number of benzene rings is 2. The number of nitrogens with zero attached hydrogens (tertiary/aromatic N) is 2. The molecular formula is C23H24N2O4. The van der Waals surface area contributed by atoms with Gasteiger partial charge in [0, 0.05) is 36.7 Å². The Hall–Kier alpha value is -2.96. The number of aromatic nitrogens is 1. The highest BCUT2D eigenvalue weighted by molar-refractivity contribution is 6.04. The summed E-state index contributed by atoms with van der Waals surface area (Å²) in [5, 5.41) is 10.3. The van der Waals surface area contributed by atoms with E-state index in [1.54, 1.807) is 12.1 Å². The van der Waals surface area contributed by atoms with Gasteiger partial charge in [0.05, 0.1) is 36.6 Å². The highest BCUT2D eigenvalue weighted by atomic mass is 16.5. The number of aromatic carboxylic acids is 1. The standard InChI is InChI=1S/C23H24N2O4/c26-23(27)20-16-21(17-5-2-1-3-6-17)24-22-15-18(7-8-19(20)22)29-12-4-9-25-10-13-28-14-11-25/h1-3,5-8,15-16H,4,9-14H2,(H,26,27). The van der Waals surface area contributed by atoms with Crippen LogP contribution in [0.5, 0.6) is 5.75 Å². The Morgan fingerprint density at radius 2 is 1.90 bits per heavy atom. The fourth-order valence-electron chi connectivity index (χ4n) is 3.53. The van der Waals surface area contributed by atoms with Crippen molar-refractivity contribution >= 4 is 16.9 Å². The molecule has 150 valence electrons. The first-order chi connectivity index (χ1) is 14.2. The molecule has 0 bridgehead atoms. The number of carboxylic acid groups (broad SMARTS) is 1. The minimum atomic E-state index is -0.964. The first-order valence-electron chi connectivity index (χ1n) is 9.87. The van der Waals surface area contributed by atoms with Crippen molar-refractivity contribution in [2.24, 2.45) is 0 Å². The second-order valence-electron chi connectivity index (χ2n) is 7.06. The topological polar surface area (TPSA) is 71.9 Å². The molecule has 1 N–H and O–H groups in total. The highest BCUT2D eigenvalue weighted by Crippen LogP contribution is 2.27. The van der Waals surface area contributed by atoms with Gasteiger partial charge >= 0.3 is 5.97 Å². The SMILES string of the molecule is O=C(O)c1cc(-c2ccccc2)nc2cc(OCCCN3CCOCC3)ccc12. The molecule has 2 heterocycles. The fourth-order valence-corrected chi connectivity index (χ4v) is 3.53. The van der Waals surface area contributed by atoms with Gasteiger partial charge in [-0.2, -0.15) is 0 Å². The molecule has 2 aromatic carbocycles. The van der Waals surface area contributed by atoms with Crippen LogP contribution in [-0.4, -0.2) is 60.4 Å². The highest BCUT2D eigenvalue weighted by Gasteiger charge is 2.14. The number of carbonyl (C=O) groups is 1. The van der Waals surface area contributed by atoms with Crippen molar-refractivity contribution < 1.29 is 19.4 Å². The Labute approximate surface area is 169 Å². The van der Waals surface area contributed by atoms with Crippen LogP contribution in [0.1, 0.15) is 16.8 Å². The number of rotatable bonds is 7. The normalized spacial score (nSPS) is 14.8. The number of carboxylic acids is 1. The summed E-state index contributed by atoms with van der Waals surface area (Å²) in [5.41, 5.74) is 2.39. The maximum absolute atomic E-state index is 11.8. The van der Waals surface area contributed by atoms with Crippen LogP contribution >= 0.6 is 0 Å². The lowest BCUT2D eigenvalue weighted by atomic mass is 10.0. The second-order valence-corrected chi connectivity index (χ2v) is 7.06. The van der Waals surface area contributed by atoms with Crippen LogP contribution in [-0.2, 0) is 4.74 Å². The summed E-state index contributed by atoms with van der Waals surface area (Å²) >= 11 is 0. The summed E-state index contributed by atoms with van der Waals surface area (Å²) in [6, 6.07) is 16.6. The number of hydrogen-bond acceptors (Lipinski definition) is 5. The molecule has 0 saturated carbocycles. The molecule has 1 aromatic heterocycles. The van der Waals surface area contributed by atoms with E-state index in [0.717, 1.165) is 44.8 Å². The van der Waals surface area contributed by atoms with Crippen LogP contribution in [0.15, 0.2) is 54.6 Å². The zero-order chi connectivity index (χ0) is 20.1. The van der Waals surface area contributed by atoms with Crippen LogP contribution < -0.4 is 4.74 Å². The molecule has 3 aromatic rings. The van der Waals surface area contributed by atoms with E-state index >= 15 is 0 Å². The van der Waals surface area contributed by atoms with Crippen molar-refractivity contribution in [3.8, 4) is 17.0 Å². The Balaban J connectivity index is 1.51. The average molecular weight is 392 g/mol. The van der Waals surface area contributed by atoms with Gasteiger partial charge in [-0.1, -0.05) is 30.3 Å². The van der Waals surface area contributed by atoms with Crippen LogP contribution in [0.3, 0.4) is 0 Å². The minimum Gasteiger partial charge on any atom is -0.493 e. The Morgan fingerprint density at radius 3 is 2.66 bits per heavy atom. The molecule has 6 heteroatoms. The molecule has 6 nitrogen and oxygen atoms in total. The van der Waals surface area contributed by atoms with E-state index in [4.69, 9.17) is 9.47 Å². The lowest BCUT2D eigenvalue weighted by Gasteiger charge is -2.26. The van der Waals surface area contributed by atoms with Crippen molar-refractivity contribution in [3.63, 3.8) is 0 Å². The van der Waals surface area contributed by atoms with Crippen molar-refractivity contribution in [3.05, 3.63) is 60.2 Å². The minimum absolute atomic E-state index is 0.243. The van der Waals surface area contributed by atoms with Crippen molar-refractivity contribution in [2.75, 3.05) is 39.5 Å². The number of fused-ring (bicyclic) bond motifs is 1. The molecule has 0 unspecified atom stereocenters. The maximum atomic E-state index is 11.8. The lowest BCUT2D eigenvalue weighted by Crippen LogP contribution is -2.37. The van der Waals surface area contributed by atoms with E-state index in [9.17, 15) is 9.90 Å². The number of pyridine rings is 1. The first-order valence-corrected chi connectivity index (χ1v) is 9.87. The Bertz CT molecular complexity index is 985. The molecule has 4 rings (SSSR count). The molecule has 29 heavy (non-hydrogen) atoms. The number of hydrogen-bond donors (Lipinski definition) is 1. The average Bonchev–Trinajstić information content (AvgIpc) is 2.77. The molecule has 0 spiro atoms. The smallest absolute Gasteiger partial charge is 0.336 e. The molecule has 0 amide bonds. The molecule has 0 atom stereocenters. The van der Waals surface area contributed by atoms with Gasteiger partial charge in [-0.15, -0.1) is 0 Å². The fraction of sp³-hybridized carbons (Fsp3) is 0.304. The van der Waals surface area contributed by atoms with Crippen molar-refractivity contribution in [2.45, 2.75) is 6.42 Å². The Morgan fingerprint density at radius 1 is 1.10 bits per heavy atom. The molecule has 1 fully saturated rings. The van der Waals surface area contributed by atoms with Gasteiger partial charge in [0.25, 0.3) is 0 Å². The van der Waals surface area contributed by atoms with Crippen molar-refractivity contribution in [1.29, 1.82) is 0 Å². The van der Waals surface area contributed by atoms with E-state index in [0.29, 0.717) is 29.0 Å². The third kappa shape index (κ3) is 4.72. The van der Waals surface area contributed by atoms with Gasteiger partial charge in [0.2, 0.25) is 0 Å². The van der Waals surface area contributed by atoms with Gasteiger partial charge in [-0.05, 0) is 24.6 Å². The summed E-state index contributed by atoms with van der Waals surface area (Å²) in [7, 11) is 0. The van der Waals surface area contributed by atoms with E-state index < -0.39 is 5.97 Å². The second kappa shape index (κ2) is 9.03. The van der Waals surface area contributed by atoms with Gasteiger partial charge in [-0.3, -0.25) is 4.90 Å². The van der Waals surface area contributed by atoms with Crippen molar-refractivity contribution in [1.82, 2.24) is 9.88 Å². The largest absolute Gasteiger partial charge is 0.493 e. The van der Waals surface area contributed by atoms with Crippen LogP contribution in [0.2, 0.25) is 0 Å². The zero-order valence-electron chi connectivity index (χ0n) is 16.2. The molecule has 1 aliphatic rings. The molecule has 0 aliphatic carbocycles. The Kier molecular flexibility index (Phi) is 6.03. The summed E-state index contributed by atoms with van der Waals surface area (Å²) in [5.74, 6) is -0.262. The van der Waals surface area contributed by atoms with Gasteiger partial charge < -0.3 is 14.6 Å². The third-order valence-electron chi connectivity index (χ3n) is 5.07. The predicted molar refractivity (Wildman–Crippen MR) is 112 cm³/mol. The van der Waals surface area contributed by atoms with E-state index in [1.807, 2.05) is 42.5 Å². The zero-order valence-corrected chi connectivity index (χ0v) is 16.2. The molecular weight excluding hydrogens is 368 g/mol. The van der Waals surface area contributed by atoms with E-state index in [-0.39, 0.29) is 5.56 Å². The third-order valence-corrected chi connectivity index (χ3v) is 5.07. The molecule has 0 radical (unpaired) electrons. The first kappa shape index (κ1) is 19.4. The summed E-state index contributed by atoms with van der Waals surface area (Å²) < 4.78 is 11.3. The molecule has 1 saturated heterocycles. The molecule has 1 aliphatic heterocycles. The number of ether oxygens (including phenoxy) is 2. The predicted octanol–water partition coefficient (Wildman–Crippen LogP) is 3.70. The van der Waals surface area contributed by atoms with E-state index in [1.165, 1.54) is 0 Å². The van der Waals surface area contributed by atoms with Gasteiger partial charge in [0.15, 0.2) is 0 Å². The lowest BCUT2D eigenvalue weighted by molar-refractivity contribution is 0.0358. The summed E-state index contributed by atoms with van der Waals surface area (Å²) in [6.07, 6.45) is 0.926.